The first-order valence-corrected chi connectivity index (χ1v) is 10.2. The molecular formula is C20H29N5O2S. The number of hydrogen-bond donors (Lipinski definition) is 1. The molecule has 28 heavy (non-hydrogen) atoms. The zero-order valence-corrected chi connectivity index (χ0v) is 17.9. The van der Waals surface area contributed by atoms with E-state index in [-0.39, 0.29) is 0 Å². The molecule has 1 aromatic heterocycles. The highest BCUT2D eigenvalue weighted by molar-refractivity contribution is 7.11. The van der Waals surface area contributed by atoms with Crippen molar-refractivity contribution in [2.45, 2.75) is 20.0 Å². The molecule has 0 spiro atoms. The molecule has 0 saturated carbocycles. The molecule has 2 heterocycles. The Morgan fingerprint density at radius 3 is 2.54 bits per heavy atom. The van der Waals surface area contributed by atoms with Gasteiger partial charge in [-0.15, -0.1) is 11.3 Å². The molecule has 3 rings (SSSR count). The van der Waals surface area contributed by atoms with Crippen LogP contribution in [0.3, 0.4) is 0 Å². The summed E-state index contributed by atoms with van der Waals surface area (Å²) in [5.74, 6) is 2.49. The fourth-order valence-corrected chi connectivity index (χ4v) is 4.05. The molecule has 0 amide bonds. The number of aryl methyl sites for hydroxylation is 1. The maximum atomic E-state index is 5.41. The van der Waals surface area contributed by atoms with Crippen LogP contribution in [0.25, 0.3) is 0 Å². The van der Waals surface area contributed by atoms with Crippen molar-refractivity contribution in [3.63, 3.8) is 0 Å². The van der Waals surface area contributed by atoms with Crippen molar-refractivity contribution >= 4 is 17.3 Å². The number of rotatable bonds is 6. The molecule has 7 nitrogen and oxygen atoms in total. The van der Waals surface area contributed by atoms with Gasteiger partial charge in [0.1, 0.15) is 5.01 Å². The Bertz CT molecular complexity index is 800. The van der Waals surface area contributed by atoms with Gasteiger partial charge in [0.2, 0.25) is 0 Å². The number of thiazole rings is 1. The van der Waals surface area contributed by atoms with Gasteiger partial charge in [-0.25, -0.2) is 4.98 Å². The lowest BCUT2D eigenvalue weighted by Crippen LogP contribution is -2.52. The summed E-state index contributed by atoms with van der Waals surface area (Å²) in [7, 11) is 5.17. The topological polar surface area (TPSA) is 62.2 Å². The number of guanidine groups is 1. The van der Waals surface area contributed by atoms with Crippen molar-refractivity contribution in [2.24, 2.45) is 4.99 Å². The van der Waals surface area contributed by atoms with E-state index >= 15 is 0 Å². The Morgan fingerprint density at radius 1 is 1.18 bits per heavy atom. The zero-order valence-electron chi connectivity index (χ0n) is 17.1. The molecule has 0 radical (unpaired) electrons. The quantitative estimate of drug-likeness (QED) is 0.590. The molecule has 0 unspecified atom stereocenters. The molecular weight excluding hydrogens is 374 g/mol. The standard InChI is InChI=1S/C20H29N5O2S/c1-15-12-22-19(28-15)13-23-20(21-2)25-9-7-24(8-10-25)14-16-5-6-17(26-3)18(11-16)27-4/h5-6,11-12H,7-10,13-14H2,1-4H3,(H,21,23). The van der Waals surface area contributed by atoms with Crippen LogP contribution in [0.1, 0.15) is 15.4 Å². The van der Waals surface area contributed by atoms with Crippen LogP contribution in [-0.2, 0) is 13.1 Å². The SMILES string of the molecule is CN=C(NCc1ncc(C)s1)N1CCN(Cc2ccc(OC)c(OC)c2)CC1. The van der Waals surface area contributed by atoms with Crippen molar-refractivity contribution in [3.8, 4) is 11.5 Å². The summed E-state index contributed by atoms with van der Waals surface area (Å²) < 4.78 is 10.7. The zero-order chi connectivity index (χ0) is 19.9. The Morgan fingerprint density at radius 2 is 1.93 bits per heavy atom. The van der Waals surface area contributed by atoms with E-state index in [4.69, 9.17) is 9.47 Å². The number of aliphatic imine (C=N–C) groups is 1. The van der Waals surface area contributed by atoms with Crippen LogP contribution in [0.15, 0.2) is 29.4 Å². The minimum absolute atomic E-state index is 0.719. The van der Waals surface area contributed by atoms with E-state index in [9.17, 15) is 0 Å². The summed E-state index contributed by atoms with van der Waals surface area (Å²) in [5, 5.41) is 4.52. The second-order valence-electron chi connectivity index (χ2n) is 6.72. The number of methoxy groups -OCH3 is 2. The lowest BCUT2D eigenvalue weighted by molar-refractivity contribution is 0.172. The normalized spacial score (nSPS) is 15.6. The first-order chi connectivity index (χ1) is 13.6. The van der Waals surface area contributed by atoms with Gasteiger partial charge in [-0.1, -0.05) is 6.07 Å². The average molecular weight is 404 g/mol. The lowest BCUT2D eigenvalue weighted by atomic mass is 10.1. The fraction of sp³-hybridized carbons (Fsp3) is 0.500. The second kappa shape index (κ2) is 9.75. The Balaban J connectivity index is 1.50. The Labute approximate surface area is 171 Å². The molecule has 1 fully saturated rings. The van der Waals surface area contributed by atoms with Crippen molar-refractivity contribution < 1.29 is 9.47 Å². The summed E-state index contributed by atoms with van der Waals surface area (Å²) >= 11 is 1.72. The monoisotopic (exact) mass is 403 g/mol. The van der Waals surface area contributed by atoms with Gasteiger partial charge >= 0.3 is 0 Å². The first-order valence-electron chi connectivity index (χ1n) is 9.43. The van der Waals surface area contributed by atoms with Gasteiger partial charge in [-0.2, -0.15) is 0 Å². The number of nitrogens with zero attached hydrogens (tertiary/aromatic N) is 4. The van der Waals surface area contributed by atoms with Crippen molar-refractivity contribution in [1.82, 2.24) is 20.1 Å². The van der Waals surface area contributed by atoms with Crippen LogP contribution < -0.4 is 14.8 Å². The van der Waals surface area contributed by atoms with E-state index in [1.165, 1.54) is 10.4 Å². The number of hydrogen-bond acceptors (Lipinski definition) is 6. The largest absolute Gasteiger partial charge is 0.493 e. The average Bonchev–Trinajstić information content (AvgIpc) is 3.14. The first kappa shape index (κ1) is 20.4. The van der Waals surface area contributed by atoms with E-state index in [0.29, 0.717) is 0 Å². The number of piperazine rings is 1. The summed E-state index contributed by atoms with van der Waals surface area (Å²) in [4.78, 5) is 14.8. The minimum atomic E-state index is 0.719. The molecule has 0 aliphatic carbocycles. The Kier molecular flexibility index (Phi) is 7.11. The number of nitrogens with one attached hydrogen (secondary N) is 1. The molecule has 1 saturated heterocycles. The van der Waals surface area contributed by atoms with Crippen molar-refractivity contribution in [3.05, 3.63) is 39.8 Å². The highest BCUT2D eigenvalue weighted by Gasteiger charge is 2.20. The predicted octanol–water partition coefficient (Wildman–Crippen LogP) is 2.36. The molecule has 1 aliphatic rings. The van der Waals surface area contributed by atoms with Gasteiger partial charge in [0.05, 0.1) is 20.8 Å². The fourth-order valence-electron chi connectivity index (χ4n) is 3.33. The van der Waals surface area contributed by atoms with E-state index in [2.05, 4.69) is 44.1 Å². The third kappa shape index (κ3) is 5.14. The third-order valence-corrected chi connectivity index (χ3v) is 5.72. The van der Waals surface area contributed by atoms with Gasteiger partial charge in [0.15, 0.2) is 17.5 Å². The molecule has 152 valence electrons. The minimum Gasteiger partial charge on any atom is -0.493 e. The highest BCUT2D eigenvalue weighted by atomic mass is 32.1. The van der Waals surface area contributed by atoms with Crippen molar-refractivity contribution in [2.75, 3.05) is 47.4 Å². The van der Waals surface area contributed by atoms with Gasteiger partial charge in [0.25, 0.3) is 0 Å². The summed E-state index contributed by atoms with van der Waals surface area (Å²) in [6.07, 6.45) is 1.91. The van der Waals surface area contributed by atoms with Gasteiger partial charge in [-0.3, -0.25) is 9.89 Å². The molecule has 0 bridgehead atoms. The number of ether oxygens (including phenoxy) is 2. The van der Waals surface area contributed by atoms with Crippen LogP contribution in [0.5, 0.6) is 11.5 Å². The summed E-state index contributed by atoms with van der Waals surface area (Å²) in [5.41, 5.74) is 1.23. The maximum Gasteiger partial charge on any atom is 0.194 e. The van der Waals surface area contributed by atoms with Crippen LogP contribution in [0.2, 0.25) is 0 Å². The van der Waals surface area contributed by atoms with Crippen LogP contribution in [-0.4, -0.2) is 68.2 Å². The maximum absolute atomic E-state index is 5.41. The van der Waals surface area contributed by atoms with Gasteiger partial charge in [-0.05, 0) is 24.6 Å². The van der Waals surface area contributed by atoms with E-state index in [1.54, 1.807) is 25.6 Å². The summed E-state index contributed by atoms with van der Waals surface area (Å²) in [6, 6.07) is 6.13. The summed E-state index contributed by atoms with van der Waals surface area (Å²) in [6.45, 7) is 7.58. The van der Waals surface area contributed by atoms with Gasteiger partial charge < -0.3 is 19.7 Å². The molecule has 8 heteroatoms. The molecule has 0 atom stereocenters. The van der Waals surface area contributed by atoms with Crippen molar-refractivity contribution in [1.29, 1.82) is 0 Å². The van der Waals surface area contributed by atoms with Crippen LogP contribution in [0, 0.1) is 6.92 Å². The second-order valence-corrected chi connectivity index (χ2v) is 8.04. The highest BCUT2D eigenvalue weighted by Crippen LogP contribution is 2.28. The molecule has 1 aliphatic heterocycles. The smallest absolute Gasteiger partial charge is 0.194 e. The lowest BCUT2D eigenvalue weighted by Gasteiger charge is -2.36. The number of aromatic nitrogens is 1. The van der Waals surface area contributed by atoms with E-state index in [1.807, 2.05) is 19.3 Å². The molecule has 1 aromatic carbocycles. The van der Waals surface area contributed by atoms with Crippen LogP contribution in [0.4, 0.5) is 0 Å². The van der Waals surface area contributed by atoms with E-state index < -0.39 is 0 Å². The van der Waals surface area contributed by atoms with Gasteiger partial charge in [0, 0.05) is 50.8 Å². The van der Waals surface area contributed by atoms with E-state index in [0.717, 1.165) is 61.7 Å². The third-order valence-electron chi connectivity index (χ3n) is 4.80. The van der Waals surface area contributed by atoms with Crippen LogP contribution >= 0.6 is 11.3 Å². The Hall–Kier alpha value is -2.32. The molecule has 2 aromatic rings. The number of benzene rings is 1. The molecule has 1 N–H and O–H groups in total. The predicted molar refractivity (Wildman–Crippen MR) is 113 cm³/mol.